The Bertz CT molecular complexity index is 1020. The zero-order valence-electron chi connectivity index (χ0n) is 19.7. The lowest BCUT2D eigenvalue weighted by atomic mass is 10.1. The summed E-state index contributed by atoms with van der Waals surface area (Å²) in [6.45, 7) is 3.68. The molecule has 2 heterocycles. The van der Waals surface area contributed by atoms with Crippen LogP contribution in [0.25, 0.3) is 0 Å². The number of hydrogen-bond donors (Lipinski definition) is 0. The average Bonchev–Trinajstić information content (AvgIpc) is 3.33. The van der Waals surface area contributed by atoms with Gasteiger partial charge in [-0.25, -0.2) is 0 Å². The van der Waals surface area contributed by atoms with Gasteiger partial charge in [-0.3, -0.25) is 4.79 Å². The van der Waals surface area contributed by atoms with Crippen LogP contribution in [0.15, 0.2) is 36.4 Å². The van der Waals surface area contributed by atoms with Crippen molar-refractivity contribution in [2.75, 3.05) is 40.2 Å². The number of carbonyl (C=O) groups is 2. The van der Waals surface area contributed by atoms with Gasteiger partial charge in [0.1, 0.15) is 18.5 Å². The molecule has 2 aromatic carbocycles. The number of amides is 1. The van der Waals surface area contributed by atoms with Crippen LogP contribution in [0.1, 0.15) is 30.9 Å². The molecule has 8 nitrogen and oxygen atoms in total. The lowest BCUT2D eigenvalue weighted by molar-refractivity contribution is -0.139. The number of aryl methyl sites for hydroxylation is 2. The van der Waals surface area contributed by atoms with Crippen LogP contribution in [0.3, 0.4) is 0 Å². The fourth-order valence-electron chi connectivity index (χ4n) is 4.04. The highest BCUT2D eigenvalue weighted by Gasteiger charge is 2.25. The fourth-order valence-corrected chi connectivity index (χ4v) is 4.04. The number of nitrogens with zero attached hydrogens (tertiary/aromatic N) is 1. The zero-order valence-corrected chi connectivity index (χ0v) is 19.7. The lowest BCUT2D eigenvalue weighted by Gasteiger charge is -2.33. The molecular weight excluding hydrogens is 438 g/mol. The predicted molar refractivity (Wildman–Crippen MR) is 125 cm³/mol. The molecule has 2 aliphatic heterocycles. The summed E-state index contributed by atoms with van der Waals surface area (Å²) in [5.74, 6) is 2.96. The van der Waals surface area contributed by atoms with Gasteiger partial charge in [-0.05, 0) is 55.2 Å². The number of carbonyl (C=O) groups excluding carboxylic acids is 2. The number of ketones is 1. The topological polar surface area (TPSA) is 83.5 Å². The number of hydrogen-bond acceptors (Lipinski definition) is 7. The van der Waals surface area contributed by atoms with Gasteiger partial charge in [-0.1, -0.05) is 12.1 Å². The average molecular weight is 470 g/mol. The molecule has 0 spiro atoms. The van der Waals surface area contributed by atoms with E-state index in [2.05, 4.69) is 0 Å². The summed E-state index contributed by atoms with van der Waals surface area (Å²) in [7, 11) is 1.59. The molecule has 0 bridgehead atoms. The lowest BCUT2D eigenvalue weighted by Crippen LogP contribution is -2.47. The SMILES string of the molecule is COc1cc(CCC(C)=O)ccc1OCC1CN(C(=O)CCc2ccc3c(c2)OCO3)CCO1. The zero-order chi connectivity index (χ0) is 23.9. The third-order valence-corrected chi connectivity index (χ3v) is 5.97. The fraction of sp³-hybridized carbons (Fsp3) is 0.462. The third kappa shape index (κ3) is 6.20. The Hall–Kier alpha value is -3.26. The number of methoxy groups -OCH3 is 1. The van der Waals surface area contributed by atoms with Crippen molar-refractivity contribution >= 4 is 11.7 Å². The second-order valence-corrected chi connectivity index (χ2v) is 8.52. The van der Waals surface area contributed by atoms with E-state index in [1.54, 1.807) is 14.0 Å². The molecule has 1 saturated heterocycles. The van der Waals surface area contributed by atoms with Crippen molar-refractivity contribution < 1.29 is 33.3 Å². The van der Waals surface area contributed by atoms with Crippen LogP contribution in [-0.4, -0.2) is 62.9 Å². The molecule has 1 amide bonds. The van der Waals surface area contributed by atoms with Crippen molar-refractivity contribution in [3.8, 4) is 23.0 Å². The Morgan fingerprint density at radius 1 is 1.00 bits per heavy atom. The van der Waals surface area contributed by atoms with Gasteiger partial charge in [0.2, 0.25) is 12.7 Å². The molecule has 0 aliphatic carbocycles. The molecule has 0 N–H and O–H groups in total. The number of morpholine rings is 1. The summed E-state index contributed by atoms with van der Waals surface area (Å²) < 4.78 is 28.0. The van der Waals surface area contributed by atoms with Crippen molar-refractivity contribution in [1.82, 2.24) is 4.90 Å². The number of rotatable bonds is 10. The van der Waals surface area contributed by atoms with E-state index in [9.17, 15) is 9.59 Å². The monoisotopic (exact) mass is 469 g/mol. The smallest absolute Gasteiger partial charge is 0.231 e. The number of benzene rings is 2. The van der Waals surface area contributed by atoms with Crippen LogP contribution >= 0.6 is 0 Å². The minimum absolute atomic E-state index is 0.0957. The van der Waals surface area contributed by atoms with Crippen LogP contribution in [-0.2, 0) is 27.2 Å². The van der Waals surface area contributed by atoms with E-state index >= 15 is 0 Å². The molecular formula is C26H31NO7. The van der Waals surface area contributed by atoms with E-state index in [-0.39, 0.29) is 24.6 Å². The molecule has 1 fully saturated rings. The van der Waals surface area contributed by atoms with Gasteiger partial charge >= 0.3 is 0 Å². The van der Waals surface area contributed by atoms with Crippen LogP contribution in [0.2, 0.25) is 0 Å². The first kappa shape index (κ1) is 23.9. The minimum atomic E-state index is -0.217. The maximum absolute atomic E-state index is 12.8. The molecule has 34 heavy (non-hydrogen) atoms. The summed E-state index contributed by atoms with van der Waals surface area (Å²) in [6.07, 6.45) is 2.01. The van der Waals surface area contributed by atoms with E-state index in [1.165, 1.54) is 0 Å². The van der Waals surface area contributed by atoms with Gasteiger partial charge in [-0.15, -0.1) is 0 Å². The van der Waals surface area contributed by atoms with Crippen molar-refractivity contribution in [2.24, 2.45) is 0 Å². The molecule has 0 radical (unpaired) electrons. The standard InChI is InChI=1S/C26H31NO7/c1-18(28)3-4-19-5-8-22(24(13-19)30-2)32-16-21-15-27(11-12-31-21)26(29)10-7-20-6-9-23-25(14-20)34-17-33-23/h5-6,8-9,13-14,21H,3-4,7,10-12,15-17H2,1-2H3. The first-order valence-electron chi connectivity index (χ1n) is 11.6. The van der Waals surface area contributed by atoms with Gasteiger partial charge in [0.15, 0.2) is 23.0 Å². The maximum Gasteiger partial charge on any atom is 0.231 e. The predicted octanol–water partition coefficient (Wildman–Crippen LogP) is 3.18. The normalized spacial score (nSPS) is 16.9. The first-order chi connectivity index (χ1) is 16.5. The molecule has 8 heteroatoms. The molecule has 4 rings (SSSR count). The Kier molecular flexibility index (Phi) is 7.90. The third-order valence-electron chi connectivity index (χ3n) is 5.97. The van der Waals surface area contributed by atoms with Crippen LogP contribution in [0.5, 0.6) is 23.0 Å². The Balaban J connectivity index is 1.26. The van der Waals surface area contributed by atoms with Gasteiger partial charge in [-0.2, -0.15) is 0 Å². The van der Waals surface area contributed by atoms with E-state index < -0.39 is 0 Å². The second-order valence-electron chi connectivity index (χ2n) is 8.52. The summed E-state index contributed by atoms with van der Waals surface area (Å²) in [4.78, 5) is 25.9. The van der Waals surface area contributed by atoms with E-state index in [0.717, 1.165) is 22.6 Å². The maximum atomic E-state index is 12.8. The van der Waals surface area contributed by atoms with Gasteiger partial charge in [0.25, 0.3) is 0 Å². The van der Waals surface area contributed by atoms with Crippen molar-refractivity contribution in [1.29, 1.82) is 0 Å². The summed E-state index contributed by atoms with van der Waals surface area (Å²) in [6, 6.07) is 11.5. The quantitative estimate of drug-likeness (QED) is 0.528. The molecule has 0 aromatic heterocycles. The summed E-state index contributed by atoms with van der Waals surface area (Å²) >= 11 is 0. The Morgan fingerprint density at radius 3 is 2.59 bits per heavy atom. The summed E-state index contributed by atoms with van der Waals surface area (Å²) in [5, 5.41) is 0. The van der Waals surface area contributed by atoms with E-state index in [4.69, 9.17) is 23.7 Å². The van der Waals surface area contributed by atoms with Crippen LogP contribution in [0, 0.1) is 0 Å². The van der Waals surface area contributed by atoms with Crippen molar-refractivity contribution in [3.05, 3.63) is 47.5 Å². The van der Waals surface area contributed by atoms with Crippen LogP contribution in [0.4, 0.5) is 0 Å². The highest BCUT2D eigenvalue weighted by atomic mass is 16.7. The van der Waals surface area contributed by atoms with Crippen molar-refractivity contribution in [3.63, 3.8) is 0 Å². The molecule has 1 unspecified atom stereocenters. The molecule has 0 saturated carbocycles. The Labute approximate surface area is 199 Å². The highest BCUT2D eigenvalue weighted by molar-refractivity contribution is 5.76. The van der Waals surface area contributed by atoms with Crippen molar-refractivity contribution in [2.45, 2.75) is 38.7 Å². The number of fused-ring (bicyclic) bond motifs is 1. The molecule has 1 atom stereocenters. The second kappa shape index (κ2) is 11.2. The van der Waals surface area contributed by atoms with Gasteiger partial charge in [0.05, 0.1) is 20.3 Å². The molecule has 2 aromatic rings. The molecule has 2 aliphatic rings. The minimum Gasteiger partial charge on any atom is -0.493 e. The molecule has 182 valence electrons. The number of Topliss-reactive ketones (excluding diaryl/α,β-unsaturated/α-hetero) is 1. The highest BCUT2D eigenvalue weighted by Crippen LogP contribution is 2.33. The van der Waals surface area contributed by atoms with Gasteiger partial charge in [0, 0.05) is 19.4 Å². The van der Waals surface area contributed by atoms with E-state index in [0.29, 0.717) is 63.5 Å². The summed E-state index contributed by atoms with van der Waals surface area (Å²) in [5.41, 5.74) is 2.07. The van der Waals surface area contributed by atoms with Gasteiger partial charge < -0.3 is 33.4 Å². The first-order valence-corrected chi connectivity index (χ1v) is 11.6. The van der Waals surface area contributed by atoms with E-state index in [1.807, 2.05) is 41.3 Å². The Morgan fingerprint density at radius 2 is 1.76 bits per heavy atom. The largest absolute Gasteiger partial charge is 0.493 e. The number of ether oxygens (including phenoxy) is 5. The van der Waals surface area contributed by atoms with Crippen LogP contribution < -0.4 is 18.9 Å².